The minimum atomic E-state index is 0.138. The maximum atomic E-state index is 6.39. The Kier molecular flexibility index (Phi) is 5.58. The van der Waals surface area contributed by atoms with Crippen LogP contribution in [0.3, 0.4) is 0 Å². The van der Waals surface area contributed by atoms with Crippen molar-refractivity contribution in [2.24, 2.45) is 11.7 Å². The molecule has 2 unspecified atom stereocenters. The molecular formula is C17H29N3. The fourth-order valence-electron chi connectivity index (χ4n) is 2.99. The smallest absolute Gasteiger partial charge is 0.0333 e. The lowest BCUT2D eigenvalue weighted by Gasteiger charge is -2.38. The lowest BCUT2D eigenvalue weighted by Crippen LogP contribution is -2.50. The molecule has 1 aliphatic heterocycles. The summed E-state index contributed by atoms with van der Waals surface area (Å²) in [6, 6.07) is 11.3. The molecule has 2 rings (SSSR count). The zero-order valence-electron chi connectivity index (χ0n) is 13.1. The number of hydrogen-bond donors (Lipinski definition) is 1. The molecule has 2 N–H and O–H groups in total. The predicted molar refractivity (Wildman–Crippen MR) is 85.7 cm³/mol. The number of nitrogens with zero attached hydrogens (tertiary/aromatic N) is 2. The molecular weight excluding hydrogens is 246 g/mol. The van der Waals surface area contributed by atoms with Gasteiger partial charge in [0.25, 0.3) is 0 Å². The Labute approximate surface area is 123 Å². The van der Waals surface area contributed by atoms with Crippen molar-refractivity contribution in [3.8, 4) is 0 Å². The van der Waals surface area contributed by atoms with Gasteiger partial charge in [-0.1, -0.05) is 37.3 Å². The molecule has 1 fully saturated rings. The molecule has 3 heteroatoms. The summed E-state index contributed by atoms with van der Waals surface area (Å²) < 4.78 is 0. The fourth-order valence-corrected chi connectivity index (χ4v) is 2.99. The van der Waals surface area contributed by atoms with E-state index >= 15 is 0 Å². The van der Waals surface area contributed by atoms with E-state index in [-0.39, 0.29) is 6.04 Å². The van der Waals surface area contributed by atoms with E-state index in [0.29, 0.717) is 12.0 Å². The molecule has 2 atom stereocenters. The van der Waals surface area contributed by atoms with Gasteiger partial charge >= 0.3 is 0 Å². The molecule has 0 spiro atoms. The van der Waals surface area contributed by atoms with Crippen molar-refractivity contribution < 1.29 is 0 Å². The number of hydrogen-bond acceptors (Lipinski definition) is 3. The van der Waals surface area contributed by atoms with Gasteiger partial charge in [0.05, 0.1) is 0 Å². The summed E-state index contributed by atoms with van der Waals surface area (Å²) in [4.78, 5) is 5.12. The minimum Gasteiger partial charge on any atom is -0.324 e. The second-order valence-corrected chi connectivity index (χ2v) is 6.34. The first kappa shape index (κ1) is 15.5. The standard InChI is InChI=1S/C17H29N3/c1-14(2)20-11-9-19(10-12-20)13-15(3)17(18)16-7-5-4-6-8-16/h4-8,14-15,17H,9-13,18H2,1-3H3. The summed E-state index contributed by atoms with van der Waals surface area (Å²) in [5, 5.41) is 0. The number of nitrogens with two attached hydrogens (primary N) is 1. The van der Waals surface area contributed by atoms with Crippen molar-refractivity contribution in [1.82, 2.24) is 9.80 Å². The van der Waals surface area contributed by atoms with Gasteiger partial charge < -0.3 is 10.6 Å². The van der Waals surface area contributed by atoms with Gasteiger partial charge in [0, 0.05) is 44.8 Å². The second kappa shape index (κ2) is 7.21. The van der Waals surface area contributed by atoms with Crippen molar-refractivity contribution in [1.29, 1.82) is 0 Å². The van der Waals surface area contributed by atoms with Crippen LogP contribution in [-0.2, 0) is 0 Å². The molecule has 0 aromatic heterocycles. The molecule has 112 valence electrons. The normalized spacial score (nSPS) is 21.1. The molecule has 20 heavy (non-hydrogen) atoms. The maximum absolute atomic E-state index is 6.39. The summed E-state index contributed by atoms with van der Waals surface area (Å²) >= 11 is 0. The third-order valence-corrected chi connectivity index (χ3v) is 4.48. The predicted octanol–water partition coefficient (Wildman–Crippen LogP) is 2.35. The first-order valence-electron chi connectivity index (χ1n) is 7.85. The van der Waals surface area contributed by atoms with Crippen LogP contribution in [0.25, 0.3) is 0 Å². The van der Waals surface area contributed by atoms with Crippen LogP contribution >= 0.6 is 0 Å². The van der Waals surface area contributed by atoms with Gasteiger partial charge in [-0.15, -0.1) is 0 Å². The molecule has 0 bridgehead atoms. The van der Waals surface area contributed by atoms with Crippen LogP contribution in [0.5, 0.6) is 0 Å². The van der Waals surface area contributed by atoms with Gasteiger partial charge in [0.15, 0.2) is 0 Å². The van der Waals surface area contributed by atoms with Crippen molar-refractivity contribution in [2.45, 2.75) is 32.9 Å². The summed E-state index contributed by atoms with van der Waals surface area (Å²) in [7, 11) is 0. The van der Waals surface area contributed by atoms with E-state index in [1.165, 1.54) is 31.7 Å². The third kappa shape index (κ3) is 4.05. The Morgan fingerprint density at radius 3 is 2.15 bits per heavy atom. The Morgan fingerprint density at radius 1 is 1.00 bits per heavy atom. The first-order valence-corrected chi connectivity index (χ1v) is 7.85. The molecule has 0 aliphatic carbocycles. The Balaban J connectivity index is 1.82. The minimum absolute atomic E-state index is 0.138. The molecule has 0 radical (unpaired) electrons. The fraction of sp³-hybridized carbons (Fsp3) is 0.647. The van der Waals surface area contributed by atoms with Gasteiger partial charge in [-0.25, -0.2) is 0 Å². The van der Waals surface area contributed by atoms with E-state index in [4.69, 9.17) is 5.73 Å². The quantitative estimate of drug-likeness (QED) is 0.895. The van der Waals surface area contributed by atoms with Gasteiger partial charge in [-0.2, -0.15) is 0 Å². The lowest BCUT2D eigenvalue weighted by molar-refractivity contribution is 0.0954. The number of piperazine rings is 1. The summed E-state index contributed by atoms with van der Waals surface area (Å²) in [5.74, 6) is 0.489. The highest BCUT2D eigenvalue weighted by atomic mass is 15.3. The van der Waals surface area contributed by atoms with Crippen LogP contribution in [0.4, 0.5) is 0 Å². The van der Waals surface area contributed by atoms with E-state index in [2.05, 4.69) is 54.8 Å². The number of rotatable bonds is 5. The van der Waals surface area contributed by atoms with E-state index in [0.717, 1.165) is 6.54 Å². The lowest BCUT2D eigenvalue weighted by atomic mass is 9.94. The highest BCUT2D eigenvalue weighted by molar-refractivity contribution is 5.19. The summed E-state index contributed by atoms with van der Waals surface area (Å²) in [5.41, 5.74) is 7.64. The zero-order chi connectivity index (χ0) is 14.5. The van der Waals surface area contributed by atoms with E-state index < -0.39 is 0 Å². The van der Waals surface area contributed by atoms with Crippen LogP contribution in [0.15, 0.2) is 30.3 Å². The second-order valence-electron chi connectivity index (χ2n) is 6.34. The Bertz CT molecular complexity index is 382. The van der Waals surface area contributed by atoms with Gasteiger partial charge in [-0.3, -0.25) is 4.90 Å². The largest absolute Gasteiger partial charge is 0.324 e. The highest BCUT2D eigenvalue weighted by Crippen LogP contribution is 2.20. The molecule has 3 nitrogen and oxygen atoms in total. The Morgan fingerprint density at radius 2 is 1.60 bits per heavy atom. The van der Waals surface area contributed by atoms with Crippen molar-refractivity contribution in [3.63, 3.8) is 0 Å². The van der Waals surface area contributed by atoms with Crippen molar-refractivity contribution in [2.75, 3.05) is 32.7 Å². The molecule has 0 saturated carbocycles. The third-order valence-electron chi connectivity index (χ3n) is 4.48. The first-order chi connectivity index (χ1) is 9.58. The SMILES string of the molecule is CC(CN1CCN(C(C)C)CC1)C(N)c1ccccc1. The van der Waals surface area contributed by atoms with Gasteiger partial charge in [0.1, 0.15) is 0 Å². The molecule has 1 aliphatic rings. The maximum Gasteiger partial charge on any atom is 0.0333 e. The van der Waals surface area contributed by atoms with Crippen LogP contribution in [-0.4, -0.2) is 48.6 Å². The van der Waals surface area contributed by atoms with E-state index in [1.807, 2.05) is 6.07 Å². The Hall–Kier alpha value is -0.900. The monoisotopic (exact) mass is 275 g/mol. The van der Waals surface area contributed by atoms with Crippen LogP contribution in [0.2, 0.25) is 0 Å². The highest BCUT2D eigenvalue weighted by Gasteiger charge is 2.22. The molecule has 0 amide bonds. The number of benzene rings is 1. The van der Waals surface area contributed by atoms with Crippen LogP contribution in [0, 0.1) is 5.92 Å². The average molecular weight is 275 g/mol. The van der Waals surface area contributed by atoms with Crippen molar-refractivity contribution >= 4 is 0 Å². The molecule has 1 aromatic rings. The van der Waals surface area contributed by atoms with Gasteiger partial charge in [0.2, 0.25) is 0 Å². The summed E-state index contributed by atoms with van der Waals surface area (Å²) in [6.07, 6.45) is 0. The molecule has 1 aromatic carbocycles. The van der Waals surface area contributed by atoms with Gasteiger partial charge in [-0.05, 0) is 25.3 Å². The van der Waals surface area contributed by atoms with E-state index in [1.54, 1.807) is 0 Å². The topological polar surface area (TPSA) is 32.5 Å². The zero-order valence-corrected chi connectivity index (χ0v) is 13.1. The average Bonchev–Trinajstić information content (AvgIpc) is 2.48. The molecule has 1 heterocycles. The molecule has 1 saturated heterocycles. The van der Waals surface area contributed by atoms with Crippen LogP contribution < -0.4 is 5.73 Å². The summed E-state index contributed by atoms with van der Waals surface area (Å²) in [6.45, 7) is 12.6. The van der Waals surface area contributed by atoms with Crippen molar-refractivity contribution in [3.05, 3.63) is 35.9 Å². The van der Waals surface area contributed by atoms with E-state index in [9.17, 15) is 0 Å². The van der Waals surface area contributed by atoms with Crippen LogP contribution in [0.1, 0.15) is 32.4 Å².